The van der Waals surface area contributed by atoms with Crippen molar-refractivity contribution < 1.29 is 18.8 Å². The molecule has 0 radical (unpaired) electrons. The molecule has 7 heteroatoms. The topological polar surface area (TPSA) is 70.8 Å². The standard InChI is InChI=1S/C23H19ClN2O4/c1-15-5-2-3-7-19(15)22(28)25(14-18-6-4-12-30-18)20-13-21(27)26(23(20)29)17-10-8-16(24)9-11-17/h2-12,20H,13-14H2,1H3. The highest BCUT2D eigenvalue weighted by Crippen LogP contribution is 2.29. The Morgan fingerprint density at radius 2 is 1.83 bits per heavy atom. The maximum absolute atomic E-state index is 13.4. The molecule has 0 spiro atoms. The lowest BCUT2D eigenvalue weighted by Gasteiger charge is -2.27. The Labute approximate surface area is 178 Å². The predicted molar refractivity (Wildman–Crippen MR) is 112 cm³/mol. The van der Waals surface area contributed by atoms with Crippen LogP contribution in [-0.4, -0.2) is 28.7 Å². The van der Waals surface area contributed by atoms with Gasteiger partial charge in [0, 0.05) is 10.6 Å². The monoisotopic (exact) mass is 422 g/mol. The number of furan rings is 1. The highest BCUT2D eigenvalue weighted by molar-refractivity contribution is 6.31. The molecular formula is C23H19ClN2O4. The average Bonchev–Trinajstić information content (AvgIpc) is 3.35. The van der Waals surface area contributed by atoms with Crippen molar-refractivity contribution in [3.05, 3.63) is 88.8 Å². The van der Waals surface area contributed by atoms with Gasteiger partial charge in [-0.1, -0.05) is 29.8 Å². The van der Waals surface area contributed by atoms with Crippen molar-refractivity contribution in [2.75, 3.05) is 4.90 Å². The molecule has 3 amide bonds. The van der Waals surface area contributed by atoms with Crippen LogP contribution in [-0.2, 0) is 16.1 Å². The first-order valence-corrected chi connectivity index (χ1v) is 9.85. The van der Waals surface area contributed by atoms with Crippen molar-refractivity contribution in [2.45, 2.75) is 25.9 Å². The minimum atomic E-state index is -0.926. The van der Waals surface area contributed by atoms with Crippen LogP contribution in [0.2, 0.25) is 5.02 Å². The van der Waals surface area contributed by atoms with Gasteiger partial charge in [0.25, 0.3) is 11.8 Å². The van der Waals surface area contributed by atoms with Crippen molar-refractivity contribution in [3.8, 4) is 0 Å². The summed E-state index contributed by atoms with van der Waals surface area (Å²) in [6, 6.07) is 16.1. The van der Waals surface area contributed by atoms with E-state index in [0.717, 1.165) is 10.5 Å². The minimum absolute atomic E-state index is 0.0817. The van der Waals surface area contributed by atoms with E-state index in [1.165, 1.54) is 11.2 Å². The summed E-state index contributed by atoms with van der Waals surface area (Å²) in [7, 11) is 0. The van der Waals surface area contributed by atoms with Crippen LogP contribution in [0, 0.1) is 6.92 Å². The summed E-state index contributed by atoms with van der Waals surface area (Å²) in [5, 5.41) is 0.503. The number of carbonyl (C=O) groups excluding carboxylic acids is 3. The molecule has 1 fully saturated rings. The molecule has 0 saturated carbocycles. The van der Waals surface area contributed by atoms with E-state index in [0.29, 0.717) is 22.0 Å². The van der Waals surface area contributed by atoms with Gasteiger partial charge in [0.1, 0.15) is 11.8 Å². The van der Waals surface area contributed by atoms with Crippen LogP contribution >= 0.6 is 11.6 Å². The molecule has 1 aliphatic rings. The van der Waals surface area contributed by atoms with Crippen LogP contribution in [0.1, 0.15) is 28.1 Å². The summed E-state index contributed by atoms with van der Waals surface area (Å²) in [5.74, 6) is -0.610. The summed E-state index contributed by atoms with van der Waals surface area (Å²) in [4.78, 5) is 41.9. The third kappa shape index (κ3) is 3.74. The van der Waals surface area contributed by atoms with Crippen LogP contribution in [0.15, 0.2) is 71.3 Å². The first-order valence-electron chi connectivity index (χ1n) is 9.47. The Bertz CT molecular complexity index is 1090. The summed E-state index contributed by atoms with van der Waals surface area (Å²) in [5.41, 5.74) is 1.70. The van der Waals surface area contributed by atoms with E-state index in [2.05, 4.69) is 0 Å². The summed E-state index contributed by atoms with van der Waals surface area (Å²) < 4.78 is 5.41. The van der Waals surface area contributed by atoms with E-state index in [1.807, 2.05) is 19.1 Å². The quantitative estimate of drug-likeness (QED) is 0.577. The van der Waals surface area contributed by atoms with Gasteiger partial charge in [0.15, 0.2) is 0 Å². The largest absolute Gasteiger partial charge is 0.467 e. The molecule has 152 valence electrons. The maximum atomic E-state index is 13.4. The number of anilines is 1. The fourth-order valence-electron chi connectivity index (χ4n) is 3.58. The number of aryl methyl sites for hydroxylation is 1. The van der Waals surface area contributed by atoms with Crippen LogP contribution < -0.4 is 4.90 Å². The average molecular weight is 423 g/mol. The van der Waals surface area contributed by atoms with Crippen LogP contribution in [0.5, 0.6) is 0 Å². The van der Waals surface area contributed by atoms with Crippen LogP contribution in [0.25, 0.3) is 0 Å². The SMILES string of the molecule is Cc1ccccc1C(=O)N(Cc1ccco1)C1CC(=O)N(c2ccc(Cl)cc2)C1=O. The van der Waals surface area contributed by atoms with Gasteiger partial charge in [0.05, 0.1) is 24.9 Å². The first-order chi connectivity index (χ1) is 14.5. The zero-order chi connectivity index (χ0) is 21.3. The van der Waals surface area contributed by atoms with Gasteiger partial charge in [-0.2, -0.15) is 0 Å². The molecule has 1 saturated heterocycles. The Kier molecular flexibility index (Phi) is 5.42. The molecule has 1 atom stereocenters. The second-order valence-electron chi connectivity index (χ2n) is 7.09. The van der Waals surface area contributed by atoms with E-state index < -0.39 is 11.9 Å². The van der Waals surface area contributed by atoms with Crippen molar-refractivity contribution in [1.82, 2.24) is 4.90 Å². The highest BCUT2D eigenvalue weighted by Gasteiger charge is 2.44. The Morgan fingerprint density at radius 1 is 1.10 bits per heavy atom. The molecule has 1 aromatic heterocycles. The van der Waals surface area contributed by atoms with E-state index >= 15 is 0 Å². The molecule has 0 N–H and O–H groups in total. The number of benzene rings is 2. The second-order valence-corrected chi connectivity index (χ2v) is 7.53. The smallest absolute Gasteiger partial charge is 0.257 e. The Morgan fingerprint density at radius 3 is 2.50 bits per heavy atom. The molecule has 1 unspecified atom stereocenters. The van der Waals surface area contributed by atoms with Gasteiger partial charge in [-0.3, -0.25) is 14.4 Å². The second kappa shape index (κ2) is 8.16. The van der Waals surface area contributed by atoms with E-state index in [9.17, 15) is 14.4 Å². The molecule has 2 heterocycles. The summed E-state index contributed by atoms with van der Waals surface area (Å²) in [6.07, 6.45) is 1.41. The van der Waals surface area contributed by atoms with Crippen LogP contribution in [0.3, 0.4) is 0 Å². The predicted octanol–water partition coefficient (Wildman–Crippen LogP) is 4.22. The van der Waals surface area contributed by atoms with Crippen molar-refractivity contribution in [2.24, 2.45) is 0 Å². The lowest BCUT2D eigenvalue weighted by molar-refractivity contribution is -0.122. The van der Waals surface area contributed by atoms with E-state index in [1.54, 1.807) is 48.5 Å². The molecule has 3 aromatic rings. The molecule has 4 rings (SSSR count). The van der Waals surface area contributed by atoms with Gasteiger partial charge in [-0.05, 0) is 55.0 Å². The molecular weight excluding hydrogens is 404 g/mol. The lowest BCUT2D eigenvalue weighted by atomic mass is 10.1. The third-order valence-corrected chi connectivity index (χ3v) is 5.38. The number of imide groups is 1. The number of rotatable bonds is 5. The Hall–Kier alpha value is -3.38. The molecule has 6 nitrogen and oxygen atoms in total. The van der Waals surface area contributed by atoms with E-state index in [-0.39, 0.29) is 24.8 Å². The fourth-order valence-corrected chi connectivity index (χ4v) is 3.71. The minimum Gasteiger partial charge on any atom is -0.467 e. The molecule has 2 aromatic carbocycles. The zero-order valence-corrected chi connectivity index (χ0v) is 17.0. The van der Waals surface area contributed by atoms with Gasteiger partial charge in [-0.15, -0.1) is 0 Å². The number of hydrogen-bond donors (Lipinski definition) is 0. The van der Waals surface area contributed by atoms with Gasteiger partial charge < -0.3 is 9.32 Å². The van der Waals surface area contributed by atoms with Gasteiger partial charge in [0.2, 0.25) is 5.91 Å². The normalized spacial score (nSPS) is 16.2. The van der Waals surface area contributed by atoms with Crippen molar-refractivity contribution in [3.63, 3.8) is 0 Å². The zero-order valence-electron chi connectivity index (χ0n) is 16.2. The number of carbonyl (C=O) groups is 3. The number of hydrogen-bond acceptors (Lipinski definition) is 4. The highest BCUT2D eigenvalue weighted by atomic mass is 35.5. The van der Waals surface area contributed by atoms with E-state index in [4.69, 9.17) is 16.0 Å². The first kappa shape index (κ1) is 19.9. The maximum Gasteiger partial charge on any atom is 0.257 e. The number of halogens is 1. The summed E-state index contributed by atoms with van der Waals surface area (Å²) >= 11 is 5.92. The molecule has 0 aliphatic carbocycles. The number of amides is 3. The van der Waals surface area contributed by atoms with Crippen LogP contribution in [0.4, 0.5) is 5.69 Å². The number of nitrogens with zero attached hydrogens (tertiary/aromatic N) is 2. The fraction of sp³-hybridized carbons (Fsp3) is 0.174. The third-order valence-electron chi connectivity index (χ3n) is 5.13. The van der Waals surface area contributed by atoms with Crippen molar-refractivity contribution in [1.29, 1.82) is 0 Å². The lowest BCUT2D eigenvalue weighted by Crippen LogP contribution is -2.45. The summed E-state index contributed by atoms with van der Waals surface area (Å²) in [6.45, 7) is 1.91. The molecule has 0 bridgehead atoms. The van der Waals surface area contributed by atoms with Crippen molar-refractivity contribution >= 4 is 35.0 Å². The molecule has 30 heavy (non-hydrogen) atoms. The van der Waals surface area contributed by atoms with Gasteiger partial charge >= 0.3 is 0 Å². The molecule has 1 aliphatic heterocycles. The van der Waals surface area contributed by atoms with Gasteiger partial charge in [-0.25, -0.2) is 4.90 Å². The Balaban J connectivity index is 1.69.